The predicted octanol–water partition coefficient (Wildman–Crippen LogP) is 0.777. The molecule has 0 aliphatic carbocycles. The Hall–Kier alpha value is -2.11. The number of carbonyl (C=O) groups excluding carboxylic acids is 2. The van der Waals surface area contributed by atoms with Crippen molar-refractivity contribution in [3.8, 4) is 0 Å². The molecule has 2 unspecified atom stereocenters. The first-order valence-electron chi connectivity index (χ1n) is 6.60. The van der Waals surface area contributed by atoms with E-state index in [0.29, 0.717) is 5.56 Å². The summed E-state index contributed by atoms with van der Waals surface area (Å²) in [5, 5.41) is 2.67. The minimum atomic E-state index is -0.666. The molecule has 0 saturated heterocycles. The maximum Gasteiger partial charge on any atom is 0.253 e. The number of primary amides is 1. The first-order chi connectivity index (χ1) is 9.36. The highest BCUT2D eigenvalue weighted by molar-refractivity contribution is 5.97. The lowest BCUT2D eigenvalue weighted by atomic mass is 9.98. The maximum atomic E-state index is 12.1. The number of rotatable bonds is 6. The molecule has 0 aliphatic heterocycles. The Balaban J connectivity index is 2.81. The van der Waals surface area contributed by atoms with Gasteiger partial charge in [0, 0.05) is 20.3 Å². The molecule has 3 N–H and O–H groups in total. The molecule has 6 nitrogen and oxygen atoms in total. The fourth-order valence-corrected chi connectivity index (χ4v) is 1.74. The minimum absolute atomic E-state index is 0.00884. The van der Waals surface area contributed by atoms with Crippen LogP contribution < -0.4 is 16.0 Å². The quantitative estimate of drug-likeness (QED) is 0.804. The Labute approximate surface area is 119 Å². The van der Waals surface area contributed by atoms with Gasteiger partial charge in [-0.25, -0.2) is 4.98 Å². The molecule has 1 rings (SSSR count). The lowest BCUT2D eigenvalue weighted by Gasteiger charge is -2.21. The molecule has 2 atom stereocenters. The van der Waals surface area contributed by atoms with Gasteiger partial charge in [-0.15, -0.1) is 0 Å². The summed E-state index contributed by atoms with van der Waals surface area (Å²) in [6, 6.07) is 2.75. The summed E-state index contributed by atoms with van der Waals surface area (Å²) in [4.78, 5) is 29.5. The van der Waals surface area contributed by atoms with Gasteiger partial charge in [-0.2, -0.15) is 0 Å². The second kappa shape index (κ2) is 6.88. The SMILES string of the molecule is CCC(C)C(NC(=O)c1ccc(N(C)C)nc1)C(N)=O. The lowest BCUT2D eigenvalue weighted by molar-refractivity contribution is -0.120. The van der Waals surface area contributed by atoms with E-state index in [0.717, 1.165) is 12.2 Å². The number of anilines is 1. The van der Waals surface area contributed by atoms with Crippen LogP contribution in [-0.2, 0) is 4.79 Å². The molecule has 20 heavy (non-hydrogen) atoms. The van der Waals surface area contributed by atoms with E-state index >= 15 is 0 Å². The third kappa shape index (κ3) is 3.94. The number of aromatic nitrogens is 1. The smallest absolute Gasteiger partial charge is 0.253 e. The third-order valence-electron chi connectivity index (χ3n) is 3.27. The number of nitrogens with one attached hydrogen (secondary N) is 1. The standard InChI is InChI=1S/C14H22N4O2/c1-5-9(2)12(13(15)19)17-14(20)10-6-7-11(16-8-10)18(3)4/h6-9,12H,5H2,1-4H3,(H2,15,19)(H,17,20). The summed E-state index contributed by atoms with van der Waals surface area (Å²) in [5.41, 5.74) is 5.74. The molecule has 1 heterocycles. The number of nitrogens with zero attached hydrogens (tertiary/aromatic N) is 2. The molecule has 6 heteroatoms. The summed E-state index contributed by atoms with van der Waals surface area (Å²) in [6.07, 6.45) is 2.24. The number of carbonyl (C=O) groups is 2. The monoisotopic (exact) mass is 278 g/mol. The average molecular weight is 278 g/mol. The van der Waals surface area contributed by atoms with Crippen molar-refractivity contribution in [3.63, 3.8) is 0 Å². The van der Waals surface area contributed by atoms with Crippen LogP contribution >= 0.6 is 0 Å². The van der Waals surface area contributed by atoms with Gasteiger partial charge in [0.2, 0.25) is 5.91 Å². The van der Waals surface area contributed by atoms with Crippen molar-refractivity contribution in [2.24, 2.45) is 11.7 Å². The first-order valence-corrected chi connectivity index (χ1v) is 6.60. The summed E-state index contributed by atoms with van der Waals surface area (Å²) < 4.78 is 0. The molecule has 2 amide bonds. The second-order valence-corrected chi connectivity index (χ2v) is 5.04. The summed E-state index contributed by atoms with van der Waals surface area (Å²) in [5.74, 6) is -0.113. The summed E-state index contributed by atoms with van der Waals surface area (Å²) in [7, 11) is 3.74. The average Bonchev–Trinajstić information content (AvgIpc) is 2.43. The van der Waals surface area contributed by atoms with Gasteiger partial charge in [-0.1, -0.05) is 20.3 Å². The number of pyridine rings is 1. The topological polar surface area (TPSA) is 88.3 Å². The van der Waals surface area contributed by atoms with Crippen molar-refractivity contribution in [1.29, 1.82) is 0 Å². The van der Waals surface area contributed by atoms with Gasteiger partial charge in [0.05, 0.1) is 5.56 Å². The van der Waals surface area contributed by atoms with Crippen LogP contribution in [-0.4, -0.2) is 36.9 Å². The largest absolute Gasteiger partial charge is 0.368 e. The molecular weight excluding hydrogens is 256 g/mol. The first kappa shape index (κ1) is 15.9. The number of hydrogen-bond acceptors (Lipinski definition) is 4. The van der Waals surface area contributed by atoms with E-state index in [1.165, 1.54) is 6.20 Å². The van der Waals surface area contributed by atoms with E-state index in [1.807, 2.05) is 32.8 Å². The van der Waals surface area contributed by atoms with E-state index in [9.17, 15) is 9.59 Å². The van der Waals surface area contributed by atoms with E-state index in [4.69, 9.17) is 5.73 Å². The van der Waals surface area contributed by atoms with Crippen molar-refractivity contribution < 1.29 is 9.59 Å². The zero-order valence-corrected chi connectivity index (χ0v) is 12.4. The fourth-order valence-electron chi connectivity index (χ4n) is 1.74. The number of hydrogen-bond donors (Lipinski definition) is 2. The third-order valence-corrected chi connectivity index (χ3v) is 3.27. The van der Waals surface area contributed by atoms with Gasteiger partial charge in [0.15, 0.2) is 0 Å². The Kier molecular flexibility index (Phi) is 5.49. The van der Waals surface area contributed by atoms with Crippen molar-refractivity contribution in [1.82, 2.24) is 10.3 Å². The highest BCUT2D eigenvalue weighted by atomic mass is 16.2. The van der Waals surface area contributed by atoms with Crippen LogP contribution in [0.4, 0.5) is 5.82 Å². The van der Waals surface area contributed by atoms with Crippen molar-refractivity contribution in [2.45, 2.75) is 26.3 Å². The van der Waals surface area contributed by atoms with E-state index in [2.05, 4.69) is 10.3 Å². The van der Waals surface area contributed by atoms with Gasteiger partial charge in [0.1, 0.15) is 11.9 Å². The molecule has 1 aromatic rings. The molecule has 0 aromatic carbocycles. The Morgan fingerprint density at radius 2 is 2.05 bits per heavy atom. The molecule has 0 radical (unpaired) electrons. The normalized spacial score (nSPS) is 13.4. The predicted molar refractivity (Wildman–Crippen MR) is 78.5 cm³/mol. The van der Waals surface area contributed by atoms with Crippen LogP contribution in [0.25, 0.3) is 0 Å². The van der Waals surface area contributed by atoms with Gasteiger partial charge in [0.25, 0.3) is 5.91 Å². The van der Waals surface area contributed by atoms with Crippen LogP contribution in [0.2, 0.25) is 0 Å². The summed E-state index contributed by atoms with van der Waals surface area (Å²) >= 11 is 0. The van der Waals surface area contributed by atoms with Crippen molar-refractivity contribution in [2.75, 3.05) is 19.0 Å². The zero-order chi connectivity index (χ0) is 15.3. The Morgan fingerprint density at radius 3 is 2.45 bits per heavy atom. The number of amides is 2. The van der Waals surface area contributed by atoms with Gasteiger partial charge < -0.3 is 16.0 Å². The minimum Gasteiger partial charge on any atom is -0.368 e. The highest BCUT2D eigenvalue weighted by Crippen LogP contribution is 2.10. The molecule has 0 saturated carbocycles. The fraction of sp³-hybridized carbons (Fsp3) is 0.500. The van der Waals surface area contributed by atoms with Crippen LogP contribution in [0.3, 0.4) is 0 Å². The van der Waals surface area contributed by atoms with Crippen molar-refractivity contribution in [3.05, 3.63) is 23.9 Å². The number of nitrogens with two attached hydrogens (primary N) is 1. The van der Waals surface area contributed by atoms with E-state index < -0.39 is 11.9 Å². The van der Waals surface area contributed by atoms with Crippen molar-refractivity contribution >= 4 is 17.6 Å². The molecule has 110 valence electrons. The van der Waals surface area contributed by atoms with Crippen LogP contribution in [0.1, 0.15) is 30.6 Å². The van der Waals surface area contributed by atoms with Crippen LogP contribution in [0.15, 0.2) is 18.3 Å². The van der Waals surface area contributed by atoms with E-state index in [-0.39, 0.29) is 11.8 Å². The molecule has 0 bridgehead atoms. The zero-order valence-electron chi connectivity index (χ0n) is 12.4. The van der Waals surface area contributed by atoms with E-state index in [1.54, 1.807) is 12.1 Å². The van der Waals surface area contributed by atoms with Gasteiger partial charge >= 0.3 is 0 Å². The highest BCUT2D eigenvalue weighted by Gasteiger charge is 2.24. The molecule has 0 fully saturated rings. The van der Waals surface area contributed by atoms with Gasteiger partial charge in [-0.3, -0.25) is 9.59 Å². The molecular formula is C14H22N4O2. The molecule has 0 aliphatic rings. The Morgan fingerprint density at radius 1 is 1.40 bits per heavy atom. The van der Waals surface area contributed by atoms with Gasteiger partial charge in [-0.05, 0) is 18.1 Å². The lowest BCUT2D eigenvalue weighted by Crippen LogP contribution is -2.48. The Bertz CT molecular complexity index is 471. The van der Waals surface area contributed by atoms with Crippen LogP contribution in [0, 0.1) is 5.92 Å². The van der Waals surface area contributed by atoms with Crippen LogP contribution in [0.5, 0.6) is 0 Å². The second-order valence-electron chi connectivity index (χ2n) is 5.04. The maximum absolute atomic E-state index is 12.1. The molecule has 1 aromatic heterocycles. The molecule has 0 spiro atoms. The summed E-state index contributed by atoms with van der Waals surface area (Å²) in [6.45, 7) is 3.82.